The highest BCUT2D eigenvalue weighted by Gasteiger charge is 2.08. The van der Waals surface area contributed by atoms with Gasteiger partial charge in [0.05, 0.1) is 7.11 Å². The zero-order valence-corrected chi connectivity index (χ0v) is 10.7. The fraction of sp³-hybridized carbons (Fsp3) is 0.333. The lowest BCUT2D eigenvalue weighted by atomic mass is 10.2. The number of rotatable bonds is 5. The fourth-order valence-corrected chi connectivity index (χ4v) is 1.09. The van der Waals surface area contributed by atoms with E-state index in [9.17, 15) is 4.79 Å². The highest BCUT2D eigenvalue weighted by molar-refractivity contribution is 5.95. The van der Waals surface area contributed by atoms with E-state index in [2.05, 4.69) is 0 Å². The van der Waals surface area contributed by atoms with Gasteiger partial charge in [0.2, 0.25) is 0 Å². The van der Waals surface area contributed by atoms with Crippen LogP contribution in [0.25, 0.3) is 0 Å². The summed E-state index contributed by atoms with van der Waals surface area (Å²) in [5.74, 6) is -0.523. The van der Waals surface area contributed by atoms with Crippen LogP contribution in [0.5, 0.6) is 11.5 Å². The molecule has 0 bridgehead atoms. The number of nitrogens with two attached hydrogens (primary N) is 1. The molecule has 0 fully saturated rings. The second-order valence-corrected chi connectivity index (χ2v) is 2.96. The number of aliphatic carboxylic acids is 1. The lowest BCUT2D eigenvalue weighted by molar-refractivity contribution is -0.139. The van der Waals surface area contributed by atoms with E-state index in [1.54, 1.807) is 6.07 Å². The van der Waals surface area contributed by atoms with Crippen LogP contribution in [0, 0.1) is 5.41 Å². The Hall–Kier alpha value is -2.24. The molecule has 6 heteroatoms. The number of carboxylic acid groups (broad SMARTS) is 1. The molecule has 100 valence electrons. The summed E-state index contributed by atoms with van der Waals surface area (Å²) in [7, 11) is 1.42. The molecule has 0 radical (unpaired) electrons. The SMILES string of the molecule is CC.COc1cc(C(=N)N)ccc1OCC(=O)O. The van der Waals surface area contributed by atoms with E-state index in [0.29, 0.717) is 17.1 Å². The van der Waals surface area contributed by atoms with E-state index in [0.717, 1.165) is 0 Å². The number of methoxy groups -OCH3 is 1. The topological polar surface area (TPSA) is 106 Å². The monoisotopic (exact) mass is 254 g/mol. The van der Waals surface area contributed by atoms with Crippen LogP contribution in [0.2, 0.25) is 0 Å². The third-order valence-corrected chi connectivity index (χ3v) is 1.83. The molecule has 0 aliphatic rings. The number of carbonyl (C=O) groups is 1. The summed E-state index contributed by atoms with van der Waals surface area (Å²) in [6.45, 7) is 3.55. The van der Waals surface area contributed by atoms with Gasteiger partial charge in [0, 0.05) is 5.56 Å². The van der Waals surface area contributed by atoms with Gasteiger partial charge in [-0.3, -0.25) is 5.41 Å². The number of benzene rings is 1. The minimum atomic E-state index is -1.07. The third-order valence-electron chi connectivity index (χ3n) is 1.83. The molecule has 0 saturated carbocycles. The first-order valence-electron chi connectivity index (χ1n) is 5.41. The molecule has 0 saturated heterocycles. The summed E-state index contributed by atoms with van der Waals surface area (Å²) in [4.78, 5) is 10.3. The molecule has 18 heavy (non-hydrogen) atoms. The summed E-state index contributed by atoms with van der Waals surface area (Å²) in [6, 6.07) is 4.58. The van der Waals surface area contributed by atoms with Crippen molar-refractivity contribution in [1.82, 2.24) is 0 Å². The van der Waals surface area contributed by atoms with E-state index in [4.69, 9.17) is 25.7 Å². The predicted octanol–water partition coefficient (Wildman–Crippen LogP) is 1.47. The molecule has 0 heterocycles. The average Bonchev–Trinajstić information content (AvgIpc) is 2.38. The molecule has 0 spiro atoms. The number of hydrogen-bond acceptors (Lipinski definition) is 4. The molecule has 1 aromatic rings. The maximum Gasteiger partial charge on any atom is 0.341 e. The van der Waals surface area contributed by atoms with Crippen LogP contribution in [-0.2, 0) is 4.79 Å². The quantitative estimate of drug-likeness (QED) is 0.545. The van der Waals surface area contributed by atoms with Gasteiger partial charge in [-0.2, -0.15) is 0 Å². The third kappa shape index (κ3) is 4.73. The van der Waals surface area contributed by atoms with E-state index in [1.807, 2.05) is 13.8 Å². The number of carboxylic acids is 1. The highest BCUT2D eigenvalue weighted by Crippen LogP contribution is 2.27. The Morgan fingerprint density at radius 1 is 1.39 bits per heavy atom. The van der Waals surface area contributed by atoms with Gasteiger partial charge < -0.3 is 20.3 Å². The number of ether oxygens (including phenoxy) is 2. The molecular formula is C12H18N2O4. The lowest BCUT2D eigenvalue weighted by Gasteiger charge is -2.10. The minimum Gasteiger partial charge on any atom is -0.493 e. The summed E-state index contributed by atoms with van der Waals surface area (Å²) < 4.78 is 9.99. The number of nitrogens with one attached hydrogen (secondary N) is 1. The van der Waals surface area contributed by atoms with Crippen molar-refractivity contribution < 1.29 is 19.4 Å². The van der Waals surface area contributed by atoms with Crippen molar-refractivity contribution in [3.05, 3.63) is 23.8 Å². The summed E-state index contributed by atoms with van der Waals surface area (Å²) in [6.07, 6.45) is 0. The van der Waals surface area contributed by atoms with Crippen molar-refractivity contribution >= 4 is 11.8 Å². The highest BCUT2D eigenvalue weighted by atomic mass is 16.5. The average molecular weight is 254 g/mol. The van der Waals surface area contributed by atoms with Gasteiger partial charge in [0.15, 0.2) is 18.1 Å². The summed E-state index contributed by atoms with van der Waals surface area (Å²) >= 11 is 0. The van der Waals surface area contributed by atoms with Crippen LogP contribution in [0.15, 0.2) is 18.2 Å². The van der Waals surface area contributed by atoms with Crippen LogP contribution in [0.4, 0.5) is 0 Å². The van der Waals surface area contributed by atoms with Crippen LogP contribution < -0.4 is 15.2 Å². The van der Waals surface area contributed by atoms with Crippen molar-refractivity contribution in [2.75, 3.05) is 13.7 Å². The second-order valence-electron chi connectivity index (χ2n) is 2.96. The van der Waals surface area contributed by atoms with Gasteiger partial charge in [-0.05, 0) is 18.2 Å². The summed E-state index contributed by atoms with van der Waals surface area (Å²) in [5, 5.41) is 15.7. The molecule has 1 rings (SSSR count). The van der Waals surface area contributed by atoms with Crippen molar-refractivity contribution in [2.45, 2.75) is 13.8 Å². The first-order valence-corrected chi connectivity index (χ1v) is 5.41. The van der Waals surface area contributed by atoms with E-state index in [1.165, 1.54) is 19.2 Å². The molecular weight excluding hydrogens is 236 g/mol. The molecule has 0 aliphatic heterocycles. The van der Waals surface area contributed by atoms with Crippen molar-refractivity contribution in [3.63, 3.8) is 0 Å². The van der Waals surface area contributed by atoms with Crippen LogP contribution >= 0.6 is 0 Å². The molecule has 0 aromatic heterocycles. The van der Waals surface area contributed by atoms with E-state index < -0.39 is 12.6 Å². The van der Waals surface area contributed by atoms with E-state index in [-0.39, 0.29) is 5.84 Å². The minimum absolute atomic E-state index is 0.0944. The molecule has 1 aromatic carbocycles. The van der Waals surface area contributed by atoms with Crippen molar-refractivity contribution in [1.29, 1.82) is 5.41 Å². The van der Waals surface area contributed by atoms with Gasteiger partial charge in [-0.1, -0.05) is 13.8 Å². The maximum absolute atomic E-state index is 10.3. The van der Waals surface area contributed by atoms with Crippen molar-refractivity contribution in [2.24, 2.45) is 5.73 Å². The van der Waals surface area contributed by atoms with Crippen LogP contribution in [0.3, 0.4) is 0 Å². The summed E-state index contributed by atoms with van der Waals surface area (Å²) in [5.41, 5.74) is 5.79. The van der Waals surface area contributed by atoms with Gasteiger partial charge in [0.1, 0.15) is 5.84 Å². The number of amidine groups is 1. The molecule has 0 amide bonds. The molecule has 0 unspecified atom stereocenters. The standard InChI is InChI=1S/C10H12N2O4.C2H6/c1-15-8-4-6(10(11)12)2-3-7(8)16-5-9(13)14;1-2/h2-4H,5H2,1H3,(H3,11,12)(H,13,14);1-2H3. The van der Waals surface area contributed by atoms with E-state index >= 15 is 0 Å². The van der Waals surface area contributed by atoms with Crippen LogP contribution in [-0.4, -0.2) is 30.6 Å². The van der Waals surface area contributed by atoms with Gasteiger partial charge in [-0.15, -0.1) is 0 Å². The Labute approximate surface area is 106 Å². The maximum atomic E-state index is 10.3. The van der Waals surface area contributed by atoms with Gasteiger partial charge >= 0.3 is 5.97 Å². The van der Waals surface area contributed by atoms with Gasteiger partial charge in [0.25, 0.3) is 0 Å². The van der Waals surface area contributed by atoms with Crippen LogP contribution in [0.1, 0.15) is 19.4 Å². The Morgan fingerprint density at radius 2 is 2.00 bits per heavy atom. The first kappa shape index (κ1) is 15.8. The fourth-order valence-electron chi connectivity index (χ4n) is 1.09. The second kappa shape index (κ2) is 7.94. The predicted molar refractivity (Wildman–Crippen MR) is 68.5 cm³/mol. The molecule has 0 atom stereocenters. The molecule has 4 N–H and O–H groups in total. The Bertz CT molecular complexity index is 419. The first-order chi connectivity index (χ1) is 8.54. The zero-order chi connectivity index (χ0) is 14.1. The lowest BCUT2D eigenvalue weighted by Crippen LogP contribution is -2.12. The zero-order valence-electron chi connectivity index (χ0n) is 10.7. The normalized spacial score (nSPS) is 8.83. The Balaban J connectivity index is 0.00000137. The molecule has 6 nitrogen and oxygen atoms in total. The number of hydrogen-bond donors (Lipinski definition) is 3. The molecule has 0 aliphatic carbocycles. The van der Waals surface area contributed by atoms with Crippen molar-refractivity contribution in [3.8, 4) is 11.5 Å². The Kier molecular flexibility index (Phi) is 6.95. The largest absolute Gasteiger partial charge is 0.493 e. The van der Waals surface area contributed by atoms with Gasteiger partial charge in [-0.25, -0.2) is 4.79 Å². The number of nitrogen functional groups attached to an aromatic ring is 1. The Morgan fingerprint density at radius 3 is 2.44 bits per heavy atom. The smallest absolute Gasteiger partial charge is 0.341 e.